The first kappa shape index (κ1) is 16.0. The van der Waals surface area contributed by atoms with Crippen molar-refractivity contribution in [3.63, 3.8) is 0 Å². The number of fused-ring (bicyclic) bond motifs is 4. The summed E-state index contributed by atoms with van der Waals surface area (Å²) < 4.78 is 11.6. The lowest BCUT2D eigenvalue weighted by Crippen LogP contribution is -2.49. The molecule has 2 N–H and O–H groups in total. The summed E-state index contributed by atoms with van der Waals surface area (Å²) in [6.45, 7) is 4.77. The number of hydrogen-bond donors (Lipinski definition) is 2. The third kappa shape index (κ3) is 2.38. The molecule has 2 aromatic carbocycles. The maximum atomic E-state index is 11.3. The molecule has 2 heterocycles. The first-order chi connectivity index (χ1) is 11.9. The first-order valence-corrected chi connectivity index (χ1v) is 8.34. The molecule has 0 aromatic heterocycles. The Morgan fingerprint density at radius 2 is 2.08 bits per heavy atom. The Morgan fingerprint density at radius 3 is 2.80 bits per heavy atom. The van der Waals surface area contributed by atoms with Gasteiger partial charge >= 0.3 is 5.97 Å². The molecule has 2 aliphatic rings. The molecule has 5 nitrogen and oxygen atoms in total. The summed E-state index contributed by atoms with van der Waals surface area (Å²) in [5.41, 5.74) is 4.23. The van der Waals surface area contributed by atoms with E-state index >= 15 is 0 Å². The van der Waals surface area contributed by atoms with Crippen molar-refractivity contribution in [3.8, 4) is 5.75 Å². The van der Waals surface area contributed by atoms with Gasteiger partial charge in [-0.25, -0.2) is 4.79 Å². The summed E-state index contributed by atoms with van der Waals surface area (Å²) in [5.74, 6) is -0.0913. The Morgan fingerprint density at radius 1 is 1.28 bits per heavy atom. The van der Waals surface area contributed by atoms with Gasteiger partial charge in [0.15, 0.2) is 0 Å². The van der Waals surface area contributed by atoms with Crippen LogP contribution in [0.2, 0.25) is 0 Å². The van der Waals surface area contributed by atoms with E-state index in [1.807, 2.05) is 18.2 Å². The normalized spacial score (nSPS) is 22.8. The number of ether oxygens (including phenoxy) is 2. The van der Waals surface area contributed by atoms with Crippen LogP contribution in [0.5, 0.6) is 5.75 Å². The van der Waals surface area contributed by atoms with E-state index in [-0.39, 0.29) is 17.6 Å². The van der Waals surface area contributed by atoms with E-state index in [4.69, 9.17) is 9.47 Å². The quantitative estimate of drug-likeness (QED) is 0.872. The number of carboxylic acid groups (broad SMARTS) is 1. The summed E-state index contributed by atoms with van der Waals surface area (Å²) >= 11 is 0. The van der Waals surface area contributed by atoms with Crippen molar-refractivity contribution in [2.24, 2.45) is 0 Å². The van der Waals surface area contributed by atoms with Crippen molar-refractivity contribution in [2.75, 3.05) is 12.4 Å². The second-order valence-corrected chi connectivity index (χ2v) is 7.21. The molecule has 0 unspecified atom stereocenters. The predicted octanol–water partition coefficient (Wildman–Crippen LogP) is 3.74. The highest BCUT2D eigenvalue weighted by Gasteiger charge is 2.46. The van der Waals surface area contributed by atoms with Gasteiger partial charge in [-0.05, 0) is 47.0 Å². The average Bonchev–Trinajstić information content (AvgIpc) is 2.60. The van der Waals surface area contributed by atoms with Crippen LogP contribution in [-0.4, -0.2) is 24.3 Å². The Hall–Kier alpha value is -2.53. The van der Waals surface area contributed by atoms with Crippen molar-refractivity contribution in [3.05, 3.63) is 58.7 Å². The molecule has 0 saturated heterocycles. The molecule has 25 heavy (non-hydrogen) atoms. The Bertz CT molecular complexity index is 859. The third-order valence-electron chi connectivity index (χ3n) is 5.39. The number of carboxylic acids is 1. The van der Waals surface area contributed by atoms with Gasteiger partial charge in [-0.15, -0.1) is 0 Å². The minimum atomic E-state index is -0.916. The first-order valence-electron chi connectivity index (χ1n) is 8.34. The fourth-order valence-electron chi connectivity index (χ4n) is 4.00. The molecular formula is C20H21NO4. The van der Waals surface area contributed by atoms with Crippen LogP contribution in [0, 0.1) is 0 Å². The monoisotopic (exact) mass is 339 g/mol. The zero-order valence-electron chi connectivity index (χ0n) is 14.5. The topological polar surface area (TPSA) is 67.8 Å². The number of aromatic carboxylic acids is 1. The van der Waals surface area contributed by atoms with Gasteiger partial charge in [0.1, 0.15) is 5.75 Å². The van der Waals surface area contributed by atoms with E-state index in [0.29, 0.717) is 12.2 Å². The van der Waals surface area contributed by atoms with Crippen molar-refractivity contribution >= 4 is 11.7 Å². The Balaban J connectivity index is 1.84. The molecule has 4 rings (SSSR count). The molecule has 2 aromatic rings. The molecule has 0 aliphatic carbocycles. The van der Waals surface area contributed by atoms with Gasteiger partial charge in [-0.3, -0.25) is 0 Å². The summed E-state index contributed by atoms with van der Waals surface area (Å²) in [6.07, 6.45) is -0.0938. The minimum absolute atomic E-state index is 0.00275. The van der Waals surface area contributed by atoms with Crippen LogP contribution in [0.4, 0.5) is 5.69 Å². The highest BCUT2D eigenvalue weighted by atomic mass is 16.5. The van der Waals surface area contributed by atoms with Crippen LogP contribution >= 0.6 is 0 Å². The van der Waals surface area contributed by atoms with Crippen LogP contribution in [0.3, 0.4) is 0 Å². The Kier molecular flexibility index (Phi) is 3.51. The summed E-state index contributed by atoms with van der Waals surface area (Å²) in [7, 11) is 1.67. The van der Waals surface area contributed by atoms with E-state index in [1.54, 1.807) is 19.2 Å². The number of benzene rings is 2. The standard InChI is InChI=1S/C20H21NO4/c1-20(2)15-8-11(19(22)23)5-7-16(15)21-17-14-9-13(24-3)6-4-12(14)10-25-18(17)20/h4-9,17-18,21H,10H2,1-3H3,(H,22,23)/t17-,18-/m0/s1. The van der Waals surface area contributed by atoms with Crippen LogP contribution < -0.4 is 10.1 Å². The number of nitrogens with one attached hydrogen (secondary N) is 1. The largest absolute Gasteiger partial charge is 0.497 e. The fraction of sp³-hybridized carbons (Fsp3) is 0.350. The number of hydrogen-bond acceptors (Lipinski definition) is 4. The van der Waals surface area contributed by atoms with Gasteiger partial charge in [-0.1, -0.05) is 19.9 Å². The molecule has 2 atom stereocenters. The molecule has 2 aliphatic heterocycles. The van der Waals surface area contributed by atoms with Gasteiger partial charge in [0.25, 0.3) is 0 Å². The predicted molar refractivity (Wildman–Crippen MR) is 94.4 cm³/mol. The minimum Gasteiger partial charge on any atom is -0.497 e. The van der Waals surface area contributed by atoms with Crippen LogP contribution in [0.1, 0.15) is 46.9 Å². The van der Waals surface area contributed by atoms with Gasteiger partial charge in [0.05, 0.1) is 31.4 Å². The SMILES string of the molecule is COc1ccc2c(c1)[C@@H]1Nc3ccc(C(=O)O)cc3C(C)(C)[C@H]1OC2. The van der Waals surface area contributed by atoms with Gasteiger partial charge in [-0.2, -0.15) is 0 Å². The lowest BCUT2D eigenvalue weighted by atomic mass is 9.70. The summed E-state index contributed by atoms with van der Waals surface area (Å²) in [6, 6.07) is 11.3. The lowest BCUT2D eigenvalue weighted by Gasteiger charge is -2.48. The molecule has 0 radical (unpaired) electrons. The van der Waals surface area contributed by atoms with E-state index in [1.165, 1.54) is 5.56 Å². The van der Waals surface area contributed by atoms with E-state index < -0.39 is 5.97 Å². The maximum absolute atomic E-state index is 11.3. The smallest absolute Gasteiger partial charge is 0.335 e. The fourth-order valence-corrected chi connectivity index (χ4v) is 4.00. The van der Waals surface area contributed by atoms with E-state index in [0.717, 1.165) is 22.6 Å². The zero-order chi connectivity index (χ0) is 17.8. The maximum Gasteiger partial charge on any atom is 0.335 e. The van der Waals surface area contributed by atoms with Crippen molar-refractivity contribution in [2.45, 2.75) is 38.0 Å². The summed E-state index contributed by atoms with van der Waals surface area (Å²) in [4.78, 5) is 11.3. The number of carbonyl (C=O) groups is 1. The third-order valence-corrected chi connectivity index (χ3v) is 5.39. The highest BCUT2D eigenvalue weighted by Crippen LogP contribution is 2.49. The lowest BCUT2D eigenvalue weighted by molar-refractivity contribution is -0.0325. The molecule has 130 valence electrons. The average molecular weight is 339 g/mol. The van der Waals surface area contributed by atoms with Crippen LogP contribution in [-0.2, 0) is 16.8 Å². The van der Waals surface area contributed by atoms with Crippen molar-refractivity contribution in [1.82, 2.24) is 0 Å². The van der Waals surface area contributed by atoms with E-state index in [2.05, 4.69) is 25.2 Å². The van der Waals surface area contributed by atoms with Gasteiger partial charge in [0.2, 0.25) is 0 Å². The van der Waals surface area contributed by atoms with Crippen molar-refractivity contribution < 1.29 is 19.4 Å². The van der Waals surface area contributed by atoms with E-state index in [9.17, 15) is 9.90 Å². The summed E-state index contributed by atoms with van der Waals surface area (Å²) in [5, 5.41) is 12.9. The van der Waals surface area contributed by atoms with Crippen LogP contribution in [0.25, 0.3) is 0 Å². The number of anilines is 1. The molecule has 0 spiro atoms. The second-order valence-electron chi connectivity index (χ2n) is 7.21. The molecule has 5 heteroatoms. The van der Waals surface area contributed by atoms with Crippen LogP contribution in [0.15, 0.2) is 36.4 Å². The highest BCUT2D eigenvalue weighted by molar-refractivity contribution is 5.89. The molecule has 0 amide bonds. The zero-order valence-corrected chi connectivity index (χ0v) is 14.5. The van der Waals surface area contributed by atoms with Gasteiger partial charge in [0, 0.05) is 11.1 Å². The van der Waals surface area contributed by atoms with Crippen molar-refractivity contribution in [1.29, 1.82) is 0 Å². The molecule has 0 bridgehead atoms. The number of methoxy groups -OCH3 is 1. The molecular weight excluding hydrogens is 318 g/mol. The molecule has 0 fully saturated rings. The second kappa shape index (κ2) is 5.49. The van der Waals surface area contributed by atoms with Gasteiger partial charge < -0.3 is 19.9 Å². The molecule has 0 saturated carbocycles. The number of rotatable bonds is 2. The Labute approximate surface area is 146 Å².